The monoisotopic (exact) mass is 460 g/mol. The Morgan fingerprint density at radius 1 is 1.00 bits per heavy atom. The molecular formula is C20H20N4O9. The van der Waals surface area contributed by atoms with Crippen molar-refractivity contribution in [2.24, 2.45) is 5.11 Å². The summed E-state index contributed by atoms with van der Waals surface area (Å²) < 4.78 is 21.3. The number of rotatable bonds is 6. The molecule has 2 heterocycles. The number of hydrogen-bond acceptors (Lipinski definition) is 10. The van der Waals surface area contributed by atoms with Crippen LogP contribution in [-0.4, -0.2) is 71.8 Å². The number of esters is 3. The molecule has 2 aliphatic rings. The maximum absolute atomic E-state index is 13.1. The van der Waals surface area contributed by atoms with Gasteiger partial charge in [0.15, 0.2) is 18.4 Å². The number of carbonyl (C=O) groups is 5. The average molecular weight is 460 g/mol. The SMILES string of the molecule is CC(=O)OCC1O[C@@H](N=[N+]=[N-])C(N2C(=O)c3ccccc3C2=O)[C@@H](OC(C)=O)[C@@H]1OC(C)=O. The highest BCUT2D eigenvalue weighted by molar-refractivity contribution is 6.21. The summed E-state index contributed by atoms with van der Waals surface area (Å²) >= 11 is 0. The number of nitrogens with zero attached hydrogens (tertiary/aromatic N) is 4. The van der Waals surface area contributed by atoms with Gasteiger partial charge in [0.05, 0.1) is 11.1 Å². The Kier molecular flexibility index (Phi) is 6.95. The number of ether oxygens (including phenoxy) is 4. The van der Waals surface area contributed by atoms with Gasteiger partial charge < -0.3 is 18.9 Å². The smallest absolute Gasteiger partial charge is 0.303 e. The molecule has 0 N–H and O–H groups in total. The van der Waals surface area contributed by atoms with Crippen LogP contribution in [0.25, 0.3) is 10.4 Å². The lowest BCUT2D eigenvalue weighted by molar-refractivity contribution is -0.228. The first kappa shape index (κ1) is 23.7. The fourth-order valence-electron chi connectivity index (χ4n) is 3.80. The van der Waals surface area contributed by atoms with Crippen LogP contribution in [0.2, 0.25) is 0 Å². The standard InChI is InChI=1S/C20H20N4O9/c1-9(25)30-8-14-16(31-10(2)26)17(32-11(3)27)15(18(33-14)22-23-21)24-19(28)12-6-4-5-7-13(12)20(24)29/h4-7,14-18H,8H2,1-3H3/t14?,15?,16-,17-,18-/m1/s1. The fourth-order valence-corrected chi connectivity index (χ4v) is 3.80. The second-order valence-electron chi connectivity index (χ2n) is 7.24. The summed E-state index contributed by atoms with van der Waals surface area (Å²) in [6, 6.07) is 4.53. The summed E-state index contributed by atoms with van der Waals surface area (Å²) in [5.41, 5.74) is 9.26. The molecule has 0 spiro atoms. The molecule has 1 saturated heterocycles. The zero-order valence-electron chi connectivity index (χ0n) is 17.9. The Hall–Kier alpha value is -3.96. The van der Waals surface area contributed by atoms with Crippen molar-refractivity contribution in [3.63, 3.8) is 0 Å². The van der Waals surface area contributed by atoms with Crippen LogP contribution in [0.4, 0.5) is 0 Å². The minimum atomic E-state index is -1.55. The highest BCUT2D eigenvalue weighted by Gasteiger charge is 2.56. The van der Waals surface area contributed by atoms with Crippen LogP contribution in [-0.2, 0) is 33.3 Å². The first-order chi connectivity index (χ1) is 15.6. The number of amides is 2. The molecule has 5 atom stereocenters. The number of benzene rings is 1. The summed E-state index contributed by atoms with van der Waals surface area (Å²) in [4.78, 5) is 64.8. The van der Waals surface area contributed by atoms with Gasteiger partial charge in [-0.05, 0) is 17.7 Å². The largest absolute Gasteiger partial charge is 0.463 e. The van der Waals surface area contributed by atoms with Crippen molar-refractivity contribution in [2.75, 3.05) is 6.61 Å². The Balaban J connectivity index is 2.10. The molecule has 1 fully saturated rings. The zero-order valence-corrected chi connectivity index (χ0v) is 17.9. The summed E-state index contributed by atoms with van der Waals surface area (Å²) in [6.45, 7) is 2.85. The van der Waals surface area contributed by atoms with E-state index in [-0.39, 0.29) is 11.1 Å². The Labute approximate surface area is 187 Å². The van der Waals surface area contributed by atoms with Crippen molar-refractivity contribution < 1.29 is 42.9 Å². The van der Waals surface area contributed by atoms with Gasteiger partial charge in [-0.1, -0.05) is 17.2 Å². The number of imide groups is 1. The molecule has 1 aromatic rings. The molecule has 2 amide bonds. The van der Waals surface area contributed by atoms with Crippen LogP contribution in [0.15, 0.2) is 29.4 Å². The molecule has 0 aromatic heterocycles. The molecule has 33 heavy (non-hydrogen) atoms. The van der Waals surface area contributed by atoms with Crippen LogP contribution < -0.4 is 0 Å². The molecule has 1 aromatic carbocycles. The normalized spacial score (nSPS) is 26.2. The second kappa shape index (κ2) is 9.67. The Morgan fingerprint density at radius 2 is 1.55 bits per heavy atom. The zero-order chi connectivity index (χ0) is 24.3. The first-order valence-electron chi connectivity index (χ1n) is 9.80. The Morgan fingerprint density at radius 3 is 2.03 bits per heavy atom. The summed E-state index contributed by atoms with van der Waals surface area (Å²) in [7, 11) is 0. The van der Waals surface area contributed by atoms with Crippen LogP contribution in [0, 0.1) is 0 Å². The summed E-state index contributed by atoms with van der Waals surface area (Å²) in [6.07, 6.45) is -5.67. The van der Waals surface area contributed by atoms with Gasteiger partial charge in [-0.2, -0.15) is 0 Å². The second-order valence-corrected chi connectivity index (χ2v) is 7.24. The average Bonchev–Trinajstić information content (AvgIpc) is 2.99. The summed E-state index contributed by atoms with van der Waals surface area (Å²) in [5, 5.41) is 3.53. The third kappa shape index (κ3) is 4.78. The third-order valence-corrected chi connectivity index (χ3v) is 4.98. The van der Waals surface area contributed by atoms with Gasteiger partial charge in [0, 0.05) is 25.7 Å². The lowest BCUT2D eigenvalue weighted by Gasteiger charge is -2.46. The molecule has 2 aliphatic heterocycles. The van der Waals surface area contributed by atoms with Crippen molar-refractivity contribution >= 4 is 29.7 Å². The van der Waals surface area contributed by atoms with E-state index in [0.717, 1.165) is 25.7 Å². The van der Waals surface area contributed by atoms with Crippen molar-refractivity contribution in [1.82, 2.24) is 4.90 Å². The van der Waals surface area contributed by atoms with Gasteiger partial charge in [0.25, 0.3) is 11.8 Å². The molecule has 0 bridgehead atoms. The van der Waals surface area contributed by atoms with E-state index in [9.17, 15) is 24.0 Å². The van der Waals surface area contributed by atoms with Crippen molar-refractivity contribution in [3.05, 3.63) is 45.8 Å². The van der Waals surface area contributed by atoms with E-state index >= 15 is 0 Å². The van der Waals surface area contributed by atoms with E-state index in [1.165, 1.54) is 12.1 Å². The molecule has 3 rings (SSSR count). The van der Waals surface area contributed by atoms with Gasteiger partial charge in [0.1, 0.15) is 18.8 Å². The highest BCUT2D eigenvalue weighted by Crippen LogP contribution is 2.35. The van der Waals surface area contributed by atoms with Crippen molar-refractivity contribution in [1.29, 1.82) is 0 Å². The number of carbonyl (C=O) groups excluding carboxylic acids is 5. The van der Waals surface area contributed by atoms with Crippen LogP contribution in [0.1, 0.15) is 41.5 Å². The lowest BCUT2D eigenvalue weighted by Crippen LogP contribution is -2.66. The van der Waals surface area contributed by atoms with Gasteiger partial charge >= 0.3 is 17.9 Å². The van der Waals surface area contributed by atoms with Crippen LogP contribution in [0.5, 0.6) is 0 Å². The maximum atomic E-state index is 13.1. The number of hydrogen-bond donors (Lipinski definition) is 0. The van der Waals surface area contributed by atoms with Crippen LogP contribution in [0.3, 0.4) is 0 Å². The van der Waals surface area contributed by atoms with E-state index in [4.69, 9.17) is 24.5 Å². The molecule has 13 nitrogen and oxygen atoms in total. The molecule has 2 unspecified atom stereocenters. The quantitative estimate of drug-likeness (QED) is 0.150. The van der Waals surface area contributed by atoms with Crippen molar-refractivity contribution in [2.45, 2.75) is 51.4 Å². The molecule has 0 aliphatic carbocycles. The topological polar surface area (TPSA) is 174 Å². The van der Waals surface area contributed by atoms with E-state index in [0.29, 0.717) is 0 Å². The predicted octanol–water partition coefficient (Wildman–Crippen LogP) is 1.11. The van der Waals surface area contributed by atoms with E-state index < -0.39 is 66.9 Å². The molecule has 174 valence electrons. The first-order valence-corrected chi connectivity index (χ1v) is 9.80. The molecule has 0 radical (unpaired) electrons. The number of azide groups is 1. The van der Waals surface area contributed by atoms with Gasteiger partial charge in [-0.15, -0.1) is 0 Å². The van der Waals surface area contributed by atoms with Crippen molar-refractivity contribution in [3.8, 4) is 0 Å². The number of fused-ring (bicyclic) bond motifs is 1. The third-order valence-electron chi connectivity index (χ3n) is 4.98. The summed E-state index contributed by atoms with van der Waals surface area (Å²) in [5.74, 6) is -3.77. The molecular weight excluding hydrogens is 440 g/mol. The molecule has 13 heteroatoms. The Bertz CT molecular complexity index is 1020. The van der Waals surface area contributed by atoms with Gasteiger partial charge in [0.2, 0.25) is 0 Å². The van der Waals surface area contributed by atoms with Gasteiger partial charge in [-0.25, -0.2) is 0 Å². The predicted molar refractivity (Wildman–Crippen MR) is 106 cm³/mol. The van der Waals surface area contributed by atoms with Crippen LogP contribution >= 0.6 is 0 Å². The molecule has 0 saturated carbocycles. The lowest BCUT2D eigenvalue weighted by atomic mass is 9.94. The van der Waals surface area contributed by atoms with E-state index in [1.807, 2.05) is 0 Å². The maximum Gasteiger partial charge on any atom is 0.303 e. The van der Waals surface area contributed by atoms with E-state index in [2.05, 4.69) is 10.0 Å². The van der Waals surface area contributed by atoms with E-state index in [1.54, 1.807) is 12.1 Å². The van der Waals surface area contributed by atoms with Gasteiger partial charge in [-0.3, -0.25) is 28.9 Å². The highest BCUT2D eigenvalue weighted by atomic mass is 16.6. The minimum absolute atomic E-state index is 0.0924. The minimum Gasteiger partial charge on any atom is -0.463 e. The fraction of sp³-hybridized carbons (Fsp3) is 0.450.